The van der Waals surface area contributed by atoms with E-state index in [1.54, 1.807) is 0 Å². The van der Waals surface area contributed by atoms with Crippen molar-refractivity contribution >= 4 is 32.7 Å². The molecular formula is C21H26N4O6S. The van der Waals surface area contributed by atoms with Crippen molar-refractivity contribution in [3.63, 3.8) is 0 Å². The van der Waals surface area contributed by atoms with Crippen molar-refractivity contribution in [2.45, 2.75) is 36.7 Å². The second-order valence-corrected chi connectivity index (χ2v) is 10.1. The van der Waals surface area contributed by atoms with Crippen LogP contribution in [0.5, 0.6) is 0 Å². The highest BCUT2D eigenvalue weighted by Crippen LogP contribution is 2.25. The Balaban J connectivity index is 1.57. The summed E-state index contributed by atoms with van der Waals surface area (Å²) in [5.41, 5.74) is 5.11. The maximum Gasteiger partial charge on any atom is 0.256 e. The molecule has 172 valence electrons. The topological polar surface area (TPSA) is 152 Å². The minimum absolute atomic E-state index is 0.0371. The summed E-state index contributed by atoms with van der Waals surface area (Å²) in [5, 5.41) is 2.82. The third-order valence-corrected chi connectivity index (χ3v) is 8.00. The molecule has 1 atom stereocenters. The van der Waals surface area contributed by atoms with Gasteiger partial charge in [0.1, 0.15) is 5.56 Å². The first-order valence-corrected chi connectivity index (χ1v) is 12.1. The Morgan fingerprint density at radius 1 is 1.22 bits per heavy atom. The van der Waals surface area contributed by atoms with Crippen molar-refractivity contribution in [2.75, 3.05) is 26.2 Å². The molecule has 4 N–H and O–H groups in total. The van der Waals surface area contributed by atoms with E-state index in [-0.39, 0.29) is 41.0 Å². The second kappa shape index (κ2) is 9.00. The van der Waals surface area contributed by atoms with Crippen LogP contribution in [0.2, 0.25) is 0 Å². The van der Waals surface area contributed by atoms with Crippen molar-refractivity contribution in [3.8, 4) is 0 Å². The van der Waals surface area contributed by atoms with Gasteiger partial charge in [0, 0.05) is 49.3 Å². The van der Waals surface area contributed by atoms with Gasteiger partial charge in [-0.1, -0.05) is 0 Å². The van der Waals surface area contributed by atoms with Crippen LogP contribution < -0.4 is 16.5 Å². The molecule has 0 aliphatic carbocycles. The number of rotatable bonds is 6. The maximum absolute atomic E-state index is 13.1. The number of aromatic nitrogens is 1. The fraction of sp³-hybridized carbons (Fsp3) is 0.476. The van der Waals surface area contributed by atoms with Crippen LogP contribution in [0.3, 0.4) is 0 Å². The van der Waals surface area contributed by atoms with Gasteiger partial charge >= 0.3 is 0 Å². The Hall–Kier alpha value is -2.76. The van der Waals surface area contributed by atoms with Gasteiger partial charge in [-0.3, -0.25) is 14.4 Å². The summed E-state index contributed by atoms with van der Waals surface area (Å²) >= 11 is 0. The van der Waals surface area contributed by atoms with Crippen molar-refractivity contribution in [1.29, 1.82) is 0 Å². The standard InChI is InChI=1S/C21H26N4O6S/c22-20(27)13-5-7-25(8-6-13)32(29,30)15-3-4-18-16(10-15)19(26)17(12-23-18)21(28)24-11-14-2-1-9-31-14/h3-4,10,12-14H,1-2,5-9,11H2,(H2,22,27)(H,23,26)(H,24,28). The lowest BCUT2D eigenvalue weighted by atomic mass is 9.98. The average molecular weight is 463 g/mol. The van der Waals surface area contributed by atoms with Gasteiger partial charge in [0.15, 0.2) is 0 Å². The molecule has 0 saturated carbocycles. The van der Waals surface area contributed by atoms with Crippen LogP contribution in [0, 0.1) is 5.92 Å². The lowest BCUT2D eigenvalue weighted by Crippen LogP contribution is -2.41. The van der Waals surface area contributed by atoms with Gasteiger partial charge in [-0.2, -0.15) is 4.31 Å². The number of nitrogens with one attached hydrogen (secondary N) is 2. The van der Waals surface area contributed by atoms with Crippen molar-refractivity contribution in [1.82, 2.24) is 14.6 Å². The van der Waals surface area contributed by atoms with Gasteiger partial charge in [0.25, 0.3) is 5.91 Å². The number of ether oxygens (including phenoxy) is 1. The summed E-state index contributed by atoms with van der Waals surface area (Å²) in [7, 11) is -3.86. The Labute approximate surface area is 185 Å². The number of fused-ring (bicyclic) bond motifs is 1. The molecule has 2 aliphatic heterocycles. The minimum Gasteiger partial charge on any atom is -0.376 e. The quantitative estimate of drug-likeness (QED) is 0.562. The molecule has 1 aromatic heterocycles. The lowest BCUT2D eigenvalue weighted by molar-refractivity contribution is -0.122. The molecule has 0 radical (unpaired) electrons. The number of primary amides is 1. The molecule has 0 bridgehead atoms. The zero-order valence-corrected chi connectivity index (χ0v) is 18.3. The van der Waals surface area contributed by atoms with Crippen LogP contribution in [0.15, 0.2) is 34.1 Å². The smallest absolute Gasteiger partial charge is 0.256 e. The molecule has 2 amide bonds. The van der Waals surface area contributed by atoms with Gasteiger partial charge in [-0.15, -0.1) is 0 Å². The largest absolute Gasteiger partial charge is 0.376 e. The summed E-state index contributed by atoms with van der Waals surface area (Å²) in [6.45, 7) is 1.33. The van der Waals surface area contributed by atoms with Crippen LogP contribution in [-0.4, -0.2) is 61.9 Å². The van der Waals surface area contributed by atoms with E-state index in [0.717, 1.165) is 12.8 Å². The number of H-pyrrole nitrogens is 1. The van der Waals surface area contributed by atoms with E-state index >= 15 is 0 Å². The number of piperidine rings is 1. The van der Waals surface area contributed by atoms with Gasteiger partial charge in [-0.05, 0) is 43.9 Å². The number of nitrogens with two attached hydrogens (primary N) is 1. The summed E-state index contributed by atoms with van der Waals surface area (Å²) in [4.78, 5) is 39.7. The maximum atomic E-state index is 13.1. The van der Waals surface area contributed by atoms with E-state index in [2.05, 4.69) is 10.3 Å². The third kappa shape index (κ3) is 4.41. The van der Waals surface area contributed by atoms with Crippen LogP contribution in [0.25, 0.3) is 10.9 Å². The SMILES string of the molecule is NC(=O)C1CCN(S(=O)(=O)c2ccc3[nH]cc(C(=O)NCC4CCCO4)c(=O)c3c2)CC1. The first kappa shape index (κ1) is 22.4. The number of nitrogens with zero attached hydrogens (tertiary/aromatic N) is 1. The van der Waals surface area contributed by atoms with Crippen LogP contribution in [0.4, 0.5) is 0 Å². The molecule has 11 heteroatoms. The fourth-order valence-electron chi connectivity index (χ4n) is 4.16. The highest BCUT2D eigenvalue weighted by molar-refractivity contribution is 7.89. The second-order valence-electron chi connectivity index (χ2n) is 8.16. The number of hydrogen-bond donors (Lipinski definition) is 3. The van der Waals surface area contributed by atoms with Gasteiger partial charge in [0.2, 0.25) is 21.4 Å². The van der Waals surface area contributed by atoms with E-state index in [9.17, 15) is 22.8 Å². The van der Waals surface area contributed by atoms with Gasteiger partial charge in [0.05, 0.1) is 11.0 Å². The molecule has 4 rings (SSSR count). The normalized spacial score (nSPS) is 20.4. The Morgan fingerprint density at radius 3 is 2.62 bits per heavy atom. The van der Waals surface area contributed by atoms with Crippen LogP contribution >= 0.6 is 0 Å². The summed E-state index contributed by atoms with van der Waals surface area (Å²) in [6.07, 6.45) is 3.78. The van der Waals surface area contributed by atoms with Crippen LogP contribution in [0.1, 0.15) is 36.0 Å². The molecule has 2 saturated heterocycles. The number of sulfonamides is 1. The average Bonchev–Trinajstić information content (AvgIpc) is 3.31. The Morgan fingerprint density at radius 2 is 1.97 bits per heavy atom. The summed E-state index contributed by atoms with van der Waals surface area (Å²) in [6, 6.07) is 4.22. The molecule has 1 aromatic carbocycles. The molecule has 1 unspecified atom stereocenters. The Kier molecular flexibility index (Phi) is 6.31. The van der Waals surface area contributed by atoms with Gasteiger partial charge < -0.3 is 20.8 Å². The third-order valence-electron chi connectivity index (χ3n) is 6.11. The number of benzene rings is 1. The summed E-state index contributed by atoms with van der Waals surface area (Å²) in [5.74, 6) is -1.30. The first-order valence-electron chi connectivity index (χ1n) is 10.6. The number of hydrogen-bond acceptors (Lipinski definition) is 6. The zero-order chi connectivity index (χ0) is 22.9. The van der Waals surface area contributed by atoms with E-state index in [4.69, 9.17) is 10.5 Å². The number of carbonyl (C=O) groups excluding carboxylic acids is 2. The molecule has 2 aromatic rings. The monoisotopic (exact) mass is 462 g/mol. The molecule has 3 heterocycles. The Bertz CT molecular complexity index is 1190. The molecule has 2 aliphatic rings. The fourth-order valence-corrected chi connectivity index (χ4v) is 5.66. The molecule has 32 heavy (non-hydrogen) atoms. The van der Waals surface area contributed by atoms with E-state index in [0.29, 0.717) is 31.5 Å². The van der Waals surface area contributed by atoms with Crippen molar-refractivity contribution < 1.29 is 22.7 Å². The summed E-state index contributed by atoms with van der Waals surface area (Å²) < 4.78 is 32.9. The molecule has 10 nitrogen and oxygen atoms in total. The van der Waals surface area contributed by atoms with E-state index in [1.807, 2.05) is 0 Å². The molecule has 2 fully saturated rings. The predicted octanol–water partition coefficient (Wildman–Crippen LogP) is 0.323. The minimum atomic E-state index is -3.86. The van der Waals surface area contributed by atoms with Crippen molar-refractivity contribution in [2.24, 2.45) is 11.7 Å². The highest BCUT2D eigenvalue weighted by Gasteiger charge is 2.31. The number of pyridine rings is 1. The number of amides is 2. The highest BCUT2D eigenvalue weighted by atomic mass is 32.2. The number of carbonyl (C=O) groups is 2. The first-order chi connectivity index (χ1) is 15.3. The predicted molar refractivity (Wildman–Crippen MR) is 117 cm³/mol. The van der Waals surface area contributed by atoms with E-state index < -0.39 is 27.3 Å². The molecule has 0 spiro atoms. The van der Waals surface area contributed by atoms with Crippen LogP contribution in [-0.2, 0) is 19.6 Å². The van der Waals surface area contributed by atoms with Crippen molar-refractivity contribution in [3.05, 3.63) is 40.2 Å². The van der Waals surface area contributed by atoms with Gasteiger partial charge in [-0.25, -0.2) is 8.42 Å². The molecular weight excluding hydrogens is 436 g/mol. The zero-order valence-electron chi connectivity index (χ0n) is 17.5. The van der Waals surface area contributed by atoms with E-state index in [1.165, 1.54) is 28.7 Å². The lowest BCUT2D eigenvalue weighted by Gasteiger charge is -2.29. The number of aromatic amines is 1.